The van der Waals surface area contributed by atoms with Crippen molar-refractivity contribution < 1.29 is 19.1 Å². The Morgan fingerprint density at radius 1 is 1.05 bits per heavy atom. The zero-order valence-electron chi connectivity index (χ0n) is 11.1. The summed E-state index contributed by atoms with van der Waals surface area (Å²) in [7, 11) is 2.90. The van der Waals surface area contributed by atoms with Gasteiger partial charge in [-0.25, -0.2) is 4.79 Å². The summed E-state index contributed by atoms with van der Waals surface area (Å²) in [6.45, 7) is 0.565. The number of methoxy groups -OCH3 is 2. The van der Waals surface area contributed by atoms with Gasteiger partial charge in [-0.05, 0) is 30.7 Å². The van der Waals surface area contributed by atoms with E-state index in [4.69, 9.17) is 4.74 Å². The summed E-state index contributed by atoms with van der Waals surface area (Å²) < 4.78 is 9.35. The molecule has 0 radical (unpaired) electrons. The average Bonchev–Trinajstić information content (AvgIpc) is 2.41. The Labute approximate surface area is 112 Å². The average molecular weight is 266 g/mol. The van der Waals surface area contributed by atoms with Crippen LogP contribution in [0.25, 0.3) is 0 Å². The van der Waals surface area contributed by atoms with Gasteiger partial charge in [0.1, 0.15) is 0 Å². The Morgan fingerprint density at radius 2 is 1.63 bits per heavy atom. The van der Waals surface area contributed by atoms with Crippen LogP contribution in [-0.2, 0) is 14.3 Å². The summed E-state index contributed by atoms with van der Waals surface area (Å²) in [5.41, 5.74) is 1.28. The van der Waals surface area contributed by atoms with Crippen molar-refractivity contribution in [3.8, 4) is 0 Å². The fraction of sp³-hybridized carbons (Fsp3) is 0.385. The van der Waals surface area contributed by atoms with Gasteiger partial charge in [-0.2, -0.15) is 0 Å². The van der Waals surface area contributed by atoms with E-state index in [-0.39, 0.29) is 5.91 Å². The van der Waals surface area contributed by atoms with E-state index in [0.29, 0.717) is 30.8 Å². The highest BCUT2D eigenvalue weighted by atomic mass is 16.5. The number of carbonyl (C=O) groups excluding carboxylic acids is 2. The Morgan fingerprint density at radius 3 is 2.16 bits per heavy atom. The highest BCUT2D eigenvalue weighted by Crippen LogP contribution is 2.14. The van der Waals surface area contributed by atoms with E-state index in [9.17, 15) is 9.59 Å². The van der Waals surface area contributed by atoms with Crippen LogP contribution in [0.3, 0.4) is 0 Å². The standard InChI is InChI=1S/C13H18N2O4/c1-18-9-3-4-12(16)14-10-5-7-11(8-6-10)15-13(17)19-2/h5-8H,3-4,9H2,1-2H3,(H,14,16)(H,15,17). The first-order valence-corrected chi connectivity index (χ1v) is 5.89. The maximum atomic E-state index is 11.5. The minimum atomic E-state index is -0.531. The first-order chi connectivity index (χ1) is 9.15. The van der Waals surface area contributed by atoms with Crippen molar-refractivity contribution in [3.63, 3.8) is 0 Å². The molecule has 0 unspecified atom stereocenters. The van der Waals surface area contributed by atoms with Gasteiger partial charge in [-0.1, -0.05) is 0 Å². The van der Waals surface area contributed by atoms with Crippen LogP contribution in [0.15, 0.2) is 24.3 Å². The molecule has 0 bridgehead atoms. The maximum absolute atomic E-state index is 11.5. The van der Waals surface area contributed by atoms with Crippen molar-refractivity contribution in [2.75, 3.05) is 31.5 Å². The van der Waals surface area contributed by atoms with Gasteiger partial charge in [0.2, 0.25) is 5.91 Å². The Hall–Kier alpha value is -2.08. The topological polar surface area (TPSA) is 76.7 Å². The molecule has 0 aliphatic rings. The molecule has 0 atom stereocenters. The molecule has 0 spiro atoms. The molecule has 2 N–H and O–H groups in total. The number of ether oxygens (including phenoxy) is 2. The molecule has 6 heteroatoms. The minimum Gasteiger partial charge on any atom is -0.453 e. The van der Waals surface area contributed by atoms with Crippen LogP contribution in [0, 0.1) is 0 Å². The Kier molecular flexibility index (Phi) is 6.38. The van der Waals surface area contributed by atoms with Crippen molar-refractivity contribution in [3.05, 3.63) is 24.3 Å². The normalized spacial score (nSPS) is 9.79. The monoisotopic (exact) mass is 266 g/mol. The van der Waals surface area contributed by atoms with Gasteiger partial charge in [0.25, 0.3) is 0 Å². The lowest BCUT2D eigenvalue weighted by molar-refractivity contribution is -0.116. The molecule has 0 fully saturated rings. The SMILES string of the molecule is COCCCC(=O)Nc1ccc(NC(=O)OC)cc1. The molecule has 2 amide bonds. The second-order valence-corrected chi connectivity index (χ2v) is 3.84. The first-order valence-electron chi connectivity index (χ1n) is 5.89. The number of hydrogen-bond donors (Lipinski definition) is 2. The van der Waals surface area contributed by atoms with Crippen molar-refractivity contribution in [1.82, 2.24) is 0 Å². The number of rotatable bonds is 6. The molecule has 1 aromatic rings. The molecule has 1 rings (SSSR count). The largest absolute Gasteiger partial charge is 0.453 e. The minimum absolute atomic E-state index is 0.0641. The van der Waals surface area contributed by atoms with Crippen LogP contribution in [0.2, 0.25) is 0 Å². The maximum Gasteiger partial charge on any atom is 0.411 e. The number of anilines is 2. The summed E-state index contributed by atoms with van der Waals surface area (Å²) in [4.78, 5) is 22.5. The predicted molar refractivity (Wildman–Crippen MR) is 72.2 cm³/mol. The molecule has 0 saturated carbocycles. The second-order valence-electron chi connectivity index (χ2n) is 3.84. The molecular weight excluding hydrogens is 248 g/mol. The molecule has 6 nitrogen and oxygen atoms in total. The molecule has 19 heavy (non-hydrogen) atoms. The summed E-state index contributed by atoms with van der Waals surface area (Å²) >= 11 is 0. The molecule has 0 aromatic heterocycles. The quantitative estimate of drug-likeness (QED) is 0.774. The van der Waals surface area contributed by atoms with E-state index < -0.39 is 6.09 Å². The van der Waals surface area contributed by atoms with Gasteiger partial charge < -0.3 is 14.8 Å². The molecule has 1 aromatic carbocycles. The fourth-order valence-corrected chi connectivity index (χ4v) is 1.41. The van der Waals surface area contributed by atoms with Crippen molar-refractivity contribution in [2.24, 2.45) is 0 Å². The number of amides is 2. The van der Waals surface area contributed by atoms with Crippen LogP contribution < -0.4 is 10.6 Å². The highest BCUT2D eigenvalue weighted by Gasteiger charge is 2.03. The van der Waals surface area contributed by atoms with Gasteiger partial charge in [0.15, 0.2) is 0 Å². The smallest absolute Gasteiger partial charge is 0.411 e. The Bertz CT molecular complexity index is 417. The van der Waals surface area contributed by atoms with Crippen LogP contribution >= 0.6 is 0 Å². The van der Waals surface area contributed by atoms with Crippen LogP contribution in [-0.4, -0.2) is 32.8 Å². The summed E-state index contributed by atoms with van der Waals surface area (Å²) in [5, 5.41) is 5.28. The van der Waals surface area contributed by atoms with Crippen LogP contribution in [0.5, 0.6) is 0 Å². The molecule has 0 aliphatic heterocycles. The first kappa shape index (κ1) is 15.0. The predicted octanol–water partition coefficient (Wildman–Crippen LogP) is 2.23. The zero-order chi connectivity index (χ0) is 14.1. The van der Waals surface area contributed by atoms with Gasteiger partial charge in [0.05, 0.1) is 7.11 Å². The van der Waals surface area contributed by atoms with Gasteiger partial charge in [0, 0.05) is 31.5 Å². The van der Waals surface area contributed by atoms with E-state index in [1.54, 1.807) is 31.4 Å². The Balaban J connectivity index is 2.43. The zero-order valence-corrected chi connectivity index (χ0v) is 11.1. The number of carbonyl (C=O) groups is 2. The lowest BCUT2D eigenvalue weighted by Gasteiger charge is -2.07. The summed E-state index contributed by atoms with van der Waals surface area (Å²) in [6, 6.07) is 6.78. The molecular formula is C13H18N2O4. The number of nitrogens with one attached hydrogen (secondary N) is 2. The van der Waals surface area contributed by atoms with E-state index in [2.05, 4.69) is 15.4 Å². The number of benzene rings is 1. The van der Waals surface area contributed by atoms with Gasteiger partial charge >= 0.3 is 6.09 Å². The molecule has 0 heterocycles. The van der Waals surface area contributed by atoms with E-state index >= 15 is 0 Å². The summed E-state index contributed by atoms with van der Waals surface area (Å²) in [6.07, 6.45) is 0.566. The fourth-order valence-electron chi connectivity index (χ4n) is 1.41. The van der Waals surface area contributed by atoms with Crippen LogP contribution in [0.1, 0.15) is 12.8 Å². The van der Waals surface area contributed by atoms with Gasteiger partial charge in [-0.3, -0.25) is 10.1 Å². The van der Waals surface area contributed by atoms with Crippen molar-refractivity contribution >= 4 is 23.4 Å². The lowest BCUT2D eigenvalue weighted by Crippen LogP contribution is -2.13. The van der Waals surface area contributed by atoms with Crippen LogP contribution in [0.4, 0.5) is 16.2 Å². The molecule has 0 aliphatic carbocycles. The van der Waals surface area contributed by atoms with Gasteiger partial charge in [-0.15, -0.1) is 0 Å². The van der Waals surface area contributed by atoms with Crippen molar-refractivity contribution in [2.45, 2.75) is 12.8 Å². The third-order valence-corrected chi connectivity index (χ3v) is 2.35. The van der Waals surface area contributed by atoms with E-state index in [1.165, 1.54) is 7.11 Å². The third-order valence-electron chi connectivity index (χ3n) is 2.35. The third kappa shape index (κ3) is 5.87. The summed E-state index contributed by atoms with van der Waals surface area (Å²) in [5.74, 6) is -0.0641. The number of hydrogen-bond acceptors (Lipinski definition) is 4. The highest BCUT2D eigenvalue weighted by molar-refractivity contribution is 5.91. The second kappa shape index (κ2) is 8.10. The van der Waals surface area contributed by atoms with E-state index in [0.717, 1.165) is 0 Å². The van der Waals surface area contributed by atoms with Crippen molar-refractivity contribution in [1.29, 1.82) is 0 Å². The van der Waals surface area contributed by atoms with E-state index in [1.807, 2.05) is 0 Å². The molecule has 0 saturated heterocycles. The lowest BCUT2D eigenvalue weighted by atomic mass is 10.2. The molecule has 104 valence electrons.